The van der Waals surface area contributed by atoms with Gasteiger partial charge in [-0.15, -0.1) is 0 Å². The summed E-state index contributed by atoms with van der Waals surface area (Å²) in [5.41, 5.74) is 8.19. The quantitative estimate of drug-likeness (QED) is 0.289. The van der Waals surface area contributed by atoms with E-state index in [1.54, 1.807) is 12.1 Å². The lowest BCUT2D eigenvalue weighted by molar-refractivity contribution is 0.1000. The Hall–Kier alpha value is -3.40. The maximum absolute atomic E-state index is 11.5. The standard InChI is InChI=1S/C24H27N3O5S/c1-33(31,32)27-21-14-19(11-12-22(21)28)23(29)15-26-20(13-16-5-3-2-4-6-16)17-7-9-18(10-8-17)24(25)30/h2-12,14,20,23,26-29H,13,15H2,1H3,(H2,25,30)/t20?,23-/m0/s1. The lowest BCUT2D eigenvalue weighted by Crippen LogP contribution is -2.28. The third-order valence-corrected chi connectivity index (χ3v) is 5.73. The van der Waals surface area contributed by atoms with Gasteiger partial charge in [-0.1, -0.05) is 48.5 Å². The van der Waals surface area contributed by atoms with Gasteiger partial charge in [0.05, 0.1) is 18.0 Å². The van der Waals surface area contributed by atoms with Crippen molar-refractivity contribution in [2.24, 2.45) is 5.73 Å². The van der Waals surface area contributed by atoms with Gasteiger partial charge in [0, 0.05) is 18.2 Å². The average molecular weight is 470 g/mol. The fourth-order valence-electron chi connectivity index (χ4n) is 3.45. The highest BCUT2D eigenvalue weighted by Gasteiger charge is 2.17. The van der Waals surface area contributed by atoms with Crippen LogP contribution in [-0.4, -0.2) is 37.3 Å². The van der Waals surface area contributed by atoms with Crippen molar-refractivity contribution in [2.75, 3.05) is 17.5 Å². The Bertz CT molecular complexity index is 1200. The second-order valence-corrected chi connectivity index (χ2v) is 9.55. The monoisotopic (exact) mass is 469 g/mol. The van der Waals surface area contributed by atoms with E-state index in [1.165, 1.54) is 18.2 Å². The number of hydrogen-bond donors (Lipinski definition) is 5. The minimum absolute atomic E-state index is 0.00285. The van der Waals surface area contributed by atoms with Crippen molar-refractivity contribution in [1.82, 2.24) is 5.32 Å². The topological polar surface area (TPSA) is 142 Å². The minimum atomic E-state index is -3.59. The summed E-state index contributed by atoms with van der Waals surface area (Å²) < 4.78 is 25.3. The number of nitrogens with two attached hydrogens (primary N) is 1. The van der Waals surface area contributed by atoms with Crippen LogP contribution in [0.1, 0.15) is 39.2 Å². The average Bonchev–Trinajstić information content (AvgIpc) is 2.77. The van der Waals surface area contributed by atoms with E-state index < -0.39 is 22.0 Å². The van der Waals surface area contributed by atoms with Gasteiger partial charge in [-0.05, 0) is 47.4 Å². The highest BCUT2D eigenvalue weighted by Crippen LogP contribution is 2.28. The van der Waals surface area contributed by atoms with Gasteiger partial charge in [-0.25, -0.2) is 8.42 Å². The largest absolute Gasteiger partial charge is 0.506 e. The normalized spacial score (nSPS) is 13.3. The highest BCUT2D eigenvalue weighted by molar-refractivity contribution is 7.92. The van der Waals surface area contributed by atoms with Crippen molar-refractivity contribution in [3.8, 4) is 5.75 Å². The summed E-state index contributed by atoms with van der Waals surface area (Å²) in [4.78, 5) is 11.4. The first-order valence-corrected chi connectivity index (χ1v) is 12.2. The lowest BCUT2D eigenvalue weighted by Gasteiger charge is -2.22. The molecule has 33 heavy (non-hydrogen) atoms. The first-order valence-electron chi connectivity index (χ1n) is 10.3. The molecule has 174 valence electrons. The van der Waals surface area contributed by atoms with E-state index in [1.807, 2.05) is 42.5 Å². The third-order valence-electron chi connectivity index (χ3n) is 5.14. The van der Waals surface area contributed by atoms with Crippen LogP contribution in [-0.2, 0) is 16.4 Å². The first kappa shape index (κ1) is 24.2. The Kier molecular flexibility index (Phi) is 7.70. The molecule has 1 amide bonds. The predicted molar refractivity (Wildman–Crippen MR) is 127 cm³/mol. The molecule has 3 rings (SSSR count). The van der Waals surface area contributed by atoms with Crippen LogP contribution in [0.15, 0.2) is 72.8 Å². The summed E-state index contributed by atoms with van der Waals surface area (Å²) in [7, 11) is -3.59. The number of nitrogens with one attached hydrogen (secondary N) is 2. The van der Waals surface area contributed by atoms with E-state index in [2.05, 4.69) is 10.0 Å². The summed E-state index contributed by atoms with van der Waals surface area (Å²) in [6, 6.07) is 20.9. The number of anilines is 1. The molecule has 6 N–H and O–H groups in total. The van der Waals surface area contributed by atoms with Crippen molar-refractivity contribution in [3.05, 3.63) is 95.1 Å². The number of amides is 1. The number of phenolic OH excluding ortho intramolecular Hbond substituents is 1. The van der Waals surface area contributed by atoms with Crippen molar-refractivity contribution < 1.29 is 23.4 Å². The zero-order valence-electron chi connectivity index (χ0n) is 18.1. The molecule has 0 saturated carbocycles. The molecule has 2 atom stereocenters. The van der Waals surface area contributed by atoms with Crippen LogP contribution in [0.4, 0.5) is 5.69 Å². The van der Waals surface area contributed by atoms with E-state index in [0.29, 0.717) is 17.5 Å². The number of sulfonamides is 1. The number of hydrogen-bond acceptors (Lipinski definition) is 6. The van der Waals surface area contributed by atoms with E-state index >= 15 is 0 Å². The number of aliphatic hydroxyl groups excluding tert-OH is 1. The molecule has 0 aliphatic heterocycles. The zero-order chi connectivity index (χ0) is 24.0. The van der Waals surface area contributed by atoms with Gasteiger partial charge in [-0.2, -0.15) is 0 Å². The number of phenols is 1. The zero-order valence-corrected chi connectivity index (χ0v) is 18.9. The molecule has 0 aromatic heterocycles. The molecule has 0 heterocycles. The lowest BCUT2D eigenvalue weighted by atomic mass is 9.97. The van der Waals surface area contributed by atoms with E-state index in [4.69, 9.17) is 5.73 Å². The Morgan fingerprint density at radius 1 is 1.00 bits per heavy atom. The molecule has 3 aromatic rings. The van der Waals surface area contributed by atoms with Crippen LogP contribution in [0, 0.1) is 0 Å². The van der Waals surface area contributed by atoms with Crippen LogP contribution in [0.5, 0.6) is 5.75 Å². The number of carbonyl (C=O) groups excluding carboxylic acids is 1. The van der Waals surface area contributed by atoms with Crippen molar-refractivity contribution >= 4 is 21.6 Å². The SMILES string of the molecule is CS(=O)(=O)Nc1cc([C@@H](O)CNC(Cc2ccccc2)c2ccc(C(N)=O)cc2)ccc1O. The molecule has 9 heteroatoms. The van der Waals surface area contributed by atoms with Crippen molar-refractivity contribution in [3.63, 3.8) is 0 Å². The summed E-state index contributed by atoms with van der Waals surface area (Å²) in [6.07, 6.45) is 0.656. The molecule has 0 saturated heterocycles. The number of benzene rings is 3. The number of aromatic hydroxyl groups is 1. The molecule has 0 spiro atoms. The van der Waals surface area contributed by atoms with E-state index in [9.17, 15) is 23.4 Å². The maximum Gasteiger partial charge on any atom is 0.248 e. The Morgan fingerprint density at radius 3 is 2.24 bits per heavy atom. The summed E-state index contributed by atoms with van der Waals surface area (Å²) in [5, 5.41) is 24.0. The number of carbonyl (C=O) groups is 1. The van der Waals surface area contributed by atoms with Crippen molar-refractivity contribution in [1.29, 1.82) is 0 Å². The summed E-state index contributed by atoms with van der Waals surface area (Å²) >= 11 is 0. The second kappa shape index (κ2) is 10.5. The first-order chi connectivity index (χ1) is 15.6. The molecular formula is C24H27N3O5S. The third kappa shape index (κ3) is 7.04. The van der Waals surface area contributed by atoms with Gasteiger partial charge in [0.25, 0.3) is 0 Å². The van der Waals surface area contributed by atoms with Gasteiger partial charge < -0.3 is 21.3 Å². The van der Waals surface area contributed by atoms with Crippen LogP contribution in [0.3, 0.4) is 0 Å². The van der Waals surface area contributed by atoms with E-state index in [0.717, 1.165) is 17.4 Å². The Morgan fingerprint density at radius 2 is 1.64 bits per heavy atom. The van der Waals surface area contributed by atoms with Gasteiger partial charge in [0.15, 0.2) is 0 Å². The molecule has 0 bridgehead atoms. The summed E-state index contributed by atoms with van der Waals surface area (Å²) in [5.74, 6) is -0.740. The second-order valence-electron chi connectivity index (χ2n) is 7.80. The van der Waals surface area contributed by atoms with Crippen LogP contribution in [0.2, 0.25) is 0 Å². The molecule has 0 fully saturated rings. The molecule has 8 nitrogen and oxygen atoms in total. The van der Waals surface area contributed by atoms with Gasteiger partial charge in [0.2, 0.25) is 15.9 Å². The Balaban J connectivity index is 1.78. The van der Waals surface area contributed by atoms with Crippen LogP contribution >= 0.6 is 0 Å². The molecular weight excluding hydrogens is 442 g/mol. The number of aliphatic hydroxyl groups is 1. The van der Waals surface area contributed by atoms with Crippen molar-refractivity contribution in [2.45, 2.75) is 18.6 Å². The van der Waals surface area contributed by atoms with Crippen LogP contribution in [0.25, 0.3) is 0 Å². The molecule has 1 unspecified atom stereocenters. The summed E-state index contributed by atoms with van der Waals surface area (Å²) in [6.45, 7) is 0.165. The molecule has 0 aliphatic rings. The van der Waals surface area contributed by atoms with Gasteiger partial charge >= 0.3 is 0 Å². The van der Waals surface area contributed by atoms with Gasteiger partial charge in [-0.3, -0.25) is 9.52 Å². The number of primary amides is 1. The maximum atomic E-state index is 11.5. The fourth-order valence-corrected chi connectivity index (χ4v) is 4.01. The minimum Gasteiger partial charge on any atom is -0.506 e. The molecule has 3 aromatic carbocycles. The van der Waals surface area contributed by atoms with Gasteiger partial charge in [0.1, 0.15) is 5.75 Å². The predicted octanol–water partition coefficient (Wildman–Crippen LogP) is 2.47. The smallest absolute Gasteiger partial charge is 0.248 e. The van der Waals surface area contributed by atoms with Crippen LogP contribution < -0.4 is 15.8 Å². The highest BCUT2D eigenvalue weighted by atomic mass is 32.2. The Labute approximate surface area is 193 Å². The molecule has 0 aliphatic carbocycles. The number of rotatable bonds is 10. The molecule has 0 radical (unpaired) electrons. The van der Waals surface area contributed by atoms with E-state index in [-0.39, 0.29) is 24.0 Å². The fraction of sp³-hybridized carbons (Fsp3) is 0.208.